The van der Waals surface area contributed by atoms with Crippen LogP contribution in [0.15, 0.2) is 109 Å². The van der Waals surface area contributed by atoms with Gasteiger partial charge in [-0.2, -0.15) is 0 Å². The molecule has 0 aliphatic heterocycles. The zero-order valence-electron chi connectivity index (χ0n) is 34.4. The van der Waals surface area contributed by atoms with Crippen molar-refractivity contribution in [3.05, 3.63) is 133 Å². The van der Waals surface area contributed by atoms with E-state index < -0.39 is 0 Å². The van der Waals surface area contributed by atoms with Crippen molar-refractivity contribution >= 4 is 58.9 Å². The molecule has 4 heteroatoms. The summed E-state index contributed by atoms with van der Waals surface area (Å²) in [7, 11) is -0.729. The Morgan fingerprint density at radius 2 is 0.630 bits per heavy atom. The number of benzene rings is 6. The minimum atomic E-state index is -0.364. The third-order valence-corrected chi connectivity index (χ3v) is 19.3. The van der Waals surface area contributed by atoms with Gasteiger partial charge < -0.3 is 12.8 Å². The van der Waals surface area contributed by atoms with E-state index in [1.54, 1.807) is 0 Å². The van der Waals surface area contributed by atoms with Crippen molar-refractivity contribution in [2.75, 3.05) is 12.3 Å². The van der Waals surface area contributed by atoms with Gasteiger partial charge in [-0.05, 0) is 115 Å². The molecule has 54 heavy (non-hydrogen) atoms. The number of hydrogen-bond acceptors (Lipinski definition) is 0. The third-order valence-electron chi connectivity index (χ3n) is 10.1. The first kappa shape index (κ1) is 48.0. The van der Waals surface area contributed by atoms with Crippen molar-refractivity contribution in [2.45, 2.75) is 104 Å². The van der Waals surface area contributed by atoms with Gasteiger partial charge in [-0.3, -0.25) is 11.8 Å². The molecular formula is C50H60Ag2P2+2. The van der Waals surface area contributed by atoms with Gasteiger partial charge in [-0.15, -0.1) is 23.3 Å². The molecule has 0 aromatic heterocycles. The van der Waals surface area contributed by atoms with E-state index in [9.17, 15) is 0 Å². The summed E-state index contributed by atoms with van der Waals surface area (Å²) in [5.41, 5.74) is 1.71. The predicted molar refractivity (Wildman–Crippen MR) is 241 cm³/mol. The maximum Gasteiger partial charge on any atom is 1.00 e. The van der Waals surface area contributed by atoms with Gasteiger partial charge in [0, 0.05) is 15.8 Å². The first-order valence-electron chi connectivity index (χ1n) is 18.7. The van der Waals surface area contributed by atoms with Gasteiger partial charge in [0.15, 0.2) is 0 Å². The van der Waals surface area contributed by atoms with Crippen molar-refractivity contribution in [1.29, 1.82) is 0 Å². The van der Waals surface area contributed by atoms with Crippen LogP contribution in [0, 0.1) is 24.7 Å². The summed E-state index contributed by atoms with van der Waals surface area (Å²) >= 11 is 0. The van der Waals surface area contributed by atoms with Crippen molar-refractivity contribution in [1.82, 2.24) is 0 Å². The Bertz CT molecular complexity index is 2040. The SMILES string of the molecule is CC(C)(C)[PH+](CC[PH+](C(C)(C)C)C(C)(C)C)C(C)(C)C.[Ag+].[Ag+].[C-]#Cc1cc2ccccc2c2ccccc12.[C-]#Cc1cc2ccccc2c2ccccc12. The molecule has 6 rings (SSSR count). The average Bonchev–Trinajstić information content (AvgIpc) is 3.07. The number of rotatable bonds is 3. The van der Waals surface area contributed by atoms with Crippen molar-refractivity contribution in [3.63, 3.8) is 0 Å². The van der Waals surface area contributed by atoms with Crippen molar-refractivity contribution in [2.24, 2.45) is 0 Å². The van der Waals surface area contributed by atoms with Gasteiger partial charge in [0.05, 0.1) is 32.9 Å². The summed E-state index contributed by atoms with van der Waals surface area (Å²) in [4.78, 5) is 0. The molecule has 0 saturated carbocycles. The van der Waals surface area contributed by atoms with Crippen LogP contribution in [0.5, 0.6) is 0 Å². The molecule has 0 amide bonds. The Balaban J connectivity index is 0.000000276. The van der Waals surface area contributed by atoms with Crippen LogP contribution in [0.1, 0.15) is 94.2 Å². The fraction of sp³-hybridized carbons (Fsp3) is 0.360. The summed E-state index contributed by atoms with van der Waals surface area (Å²) < 4.78 is 0. The molecule has 0 spiro atoms. The van der Waals surface area contributed by atoms with Crippen LogP contribution >= 0.6 is 15.8 Å². The first-order valence-corrected chi connectivity index (χ1v) is 22.1. The summed E-state index contributed by atoms with van der Waals surface area (Å²) in [6, 6.07) is 36.9. The van der Waals surface area contributed by atoms with Crippen LogP contribution in [-0.2, 0) is 44.8 Å². The molecule has 0 heterocycles. The van der Waals surface area contributed by atoms with Crippen LogP contribution in [0.3, 0.4) is 0 Å². The van der Waals surface area contributed by atoms with Crippen LogP contribution < -0.4 is 0 Å². The second-order valence-corrected chi connectivity index (χ2v) is 27.0. The molecule has 0 aliphatic carbocycles. The van der Waals surface area contributed by atoms with Crippen molar-refractivity contribution in [3.8, 4) is 11.8 Å². The maximum absolute atomic E-state index is 7.35. The molecule has 0 N–H and O–H groups in total. The molecule has 0 radical (unpaired) electrons. The fourth-order valence-corrected chi connectivity index (χ4v) is 17.8. The quantitative estimate of drug-likeness (QED) is 0.0545. The molecule has 6 aromatic rings. The third kappa shape index (κ3) is 12.2. The maximum atomic E-state index is 7.35. The zero-order valence-corrected chi connectivity index (χ0v) is 39.4. The molecule has 0 nitrogen and oxygen atoms in total. The van der Waals surface area contributed by atoms with Crippen LogP contribution in [-0.4, -0.2) is 32.9 Å². The Labute approximate surface area is 362 Å². The molecule has 0 aliphatic rings. The summed E-state index contributed by atoms with van der Waals surface area (Å²) in [6.45, 7) is 29.6. The molecule has 0 unspecified atom stereocenters. The number of fused-ring (bicyclic) bond motifs is 6. The van der Waals surface area contributed by atoms with Gasteiger partial charge in [0.2, 0.25) is 0 Å². The van der Waals surface area contributed by atoms with E-state index >= 15 is 0 Å². The molecule has 0 fully saturated rings. The fourth-order valence-electron chi connectivity index (χ4n) is 8.32. The Hall–Kier alpha value is -2.18. The van der Waals surface area contributed by atoms with Gasteiger partial charge in [0.25, 0.3) is 0 Å². The first-order chi connectivity index (χ1) is 24.3. The largest absolute Gasteiger partial charge is 1.00 e. The standard InChI is InChI=1S/C18H40P2.2C16H9.2Ag/c1-15(2,3)19(16(4,5)6)13-14-20(17(7,8)9)18(10,11)12;2*1-2-12-11-13-7-3-4-9-15(13)16-10-6-5-8-14(12)16;;/h13-14H2,1-12H3;2*3-11H;;/q;2*-1;2*+1/p+2. The van der Waals surface area contributed by atoms with E-state index in [-0.39, 0.29) is 60.6 Å². The van der Waals surface area contributed by atoms with Gasteiger partial charge >= 0.3 is 44.8 Å². The molecule has 290 valence electrons. The van der Waals surface area contributed by atoms with Crippen molar-refractivity contribution < 1.29 is 44.8 Å². The number of hydrogen-bond donors (Lipinski definition) is 0. The summed E-state index contributed by atoms with van der Waals surface area (Å²) in [6.07, 6.45) is 17.7. The van der Waals surface area contributed by atoms with Crippen LogP contribution in [0.25, 0.3) is 43.1 Å². The van der Waals surface area contributed by atoms with Gasteiger partial charge in [-0.1, -0.05) is 108 Å². The molecular weight excluding hydrogens is 878 g/mol. The molecule has 6 aromatic carbocycles. The second-order valence-electron chi connectivity index (χ2n) is 18.1. The van der Waals surface area contributed by atoms with E-state index in [1.807, 2.05) is 72.8 Å². The molecule has 0 saturated heterocycles. The van der Waals surface area contributed by atoms with E-state index in [0.29, 0.717) is 20.6 Å². The minimum Gasteiger partial charge on any atom is -0.366 e. The smallest absolute Gasteiger partial charge is 0.366 e. The molecule has 0 atom stereocenters. The summed E-state index contributed by atoms with van der Waals surface area (Å²) in [5, 5.41) is 11.4. The van der Waals surface area contributed by atoms with E-state index in [1.165, 1.54) is 33.9 Å². The summed E-state index contributed by atoms with van der Waals surface area (Å²) in [5.74, 6) is 5.02. The average molecular weight is 939 g/mol. The van der Waals surface area contributed by atoms with Gasteiger partial charge in [0.1, 0.15) is 0 Å². The molecule has 0 bridgehead atoms. The Kier molecular flexibility index (Phi) is 17.6. The van der Waals surface area contributed by atoms with E-state index in [2.05, 4.69) is 131 Å². The predicted octanol–water partition coefficient (Wildman–Crippen LogP) is 14.5. The second kappa shape index (κ2) is 19.8. The normalized spacial score (nSPS) is 11.9. The van der Waals surface area contributed by atoms with Gasteiger partial charge in [-0.25, -0.2) is 0 Å². The van der Waals surface area contributed by atoms with E-state index in [4.69, 9.17) is 12.8 Å². The Morgan fingerprint density at radius 3 is 0.889 bits per heavy atom. The Morgan fingerprint density at radius 1 is 0.389 bits per heavy atom. The van der Waals surface area contributed by atoms with Crippen LogP contribution in [0.4, 0.5) is 0 Å². The monoisotopic (exact) mass is 936 g/mol. The van der Waals surface area contributed by atoms with E-state index in [0.717, 1.165) is 32.7 Å². The zero-order chi connectivity index (χ0) is 38.5. The topological polar surface area (TPSA) is 0 Å². The van der Waals surface area contributed by atoms with Crippen LogP contribution in [0.2, 0.25) is 0 Å². The minimum absolute atomic E-state index is 0.